The van der Waals surface area contributed by atoms with E-state index >= 15 is 0 Å². The van der Waals surface area contributed by atoms with Crippen LogP contribution in [0.25, 0.3) is 16.9 Å². The predicted molar refractivity (Wildman–Crippen MR) is 144 cm³/mol. The molecule has 10 heteroatoms. The highest BCUT2D eigenvalue weighted by molar-refractivity contribution is 5.93. The van der Waals surface area contributed by atoms with E-state index in [0.717, 1.165) is 12.0 Å². The molecule has 4 rings (SSSR count). The summed E-state index contributed by atoms with van der Waals surface area (Å²) in [6.45, 7) is 6.30. The lowest BCUT2D eigenvalue weighted by Crippen LogP contribution is -2.36. The number of benzene rings is 1. The number of rotatable bonds is 9. The molecule has 2 atom stereocenters. The molecule has 0 aliphatic carbocycles. The van der Waals surface area contributed by atoms with E-state index in [4.69, 9.17) is 0 Å². The maximum absolute atomic E-state index is 14.5. The number of nitrogens with zero attached hydrogens (tertiary/aromatic N) is 3. The van der Waals surface area contributed by atoms with E-state index in [1.54, 1.807) is 30.4 Å². The molecule has 2 unspecified atom stereocenters. The first-order valence-electron chi connectivity index (χ1n) is 13.0. The number of aldehydes is 1. The van der Waals surface area contributed by atoms with Crippen LogP contribution in [0, 0.1) is 12.7 Å². The molecule has 0 radical (unpaired) electrons. The standard InChI is InChI=1S/C30H30F4N4O2/c1-5-21-22(29(4,6-2)17-39)14-24(37-27(21)19-10-12-20(31)13-11-19)23(30(32,33)34)15-35-28(40)25-16-38-18(3)8-7-9-26(38)36-25/h7-14,16-17,23H,5-6,15H2,1-4H3,(H,35,40). The molecule has 1 aromatic carbocycles. The van der Waals surface area contributed by atoms with Crippen molar-refractivity contribution >= 4 is 17.8 Å². The minimum Gasteiger partial charge on any atom is -0.350 e. The summed E-state index contributed by atoms with van der Waals surface area (Å²) in [7, 11) is 0. The normalized spacial score (nSPS) is 14.1. The van der Waals surface area contributed by atoms with Crippen molar-refractivity contribution in [1.29, 1.82) is 0 Å². The van der Waals surface area contributed by atoms with Crippen LogP contribution in [0.5, 0.6) is 0 Å². The Morgan fingerprint density at radius 3 is 2.38 bits per heavy atom. The van der Waals surface area contributed by atoms with Crippen molar-refractivity contribution in [2.45, 2.75) is 58.0 Å². The second-order valence-electron chi connectivity index (χ2n) is 10.00. The molecule has 1 amide bonds. The van der Waals surface area contributed by atoms with Crippen LogP contribution in [0.15, 0.2) is 54.7 Å². The Morgan fingerprint density at radius 1 is 1.10 bits per heavy atom. The van der Waals surface area contributed by atoms with Gasteiger partial charge >= 0.3 is 6.18 Å². The Labute approximate surface area is 229 Å². The van der Waals surface area contributed by atoms with E-state index < -0.39 is 35.8 Å². The number of hydrogen-bond acceptors (Lipinski definition) is 4. The van der Waals surface area contributed by atoms with Crippen LogP contribution in [0.4, 0.5) is 17.6 Å². The lowest BCUT2D eigenvalue weighted by molar-refractivity contribution is -0.149. The number of carbonyl (C=O) groups is 2. The van der Waals surface area contributed by atoms with Crippen LogP contribution < -0.4 is 5.32 Å². The summed E-state index contributed by atoms with van der Waals surface area (Å²) in [4.78, 5) is 33.7. The highest BCUT2D eigenvalue weighted by atomic mass is 19.4. The van der Waals surface area contributed by atoms with Gasteiger partial charge in [0, 0.05) is 29.4 Å². The van der Waals surface area contributed by atoms with E-state index in [1.807, 2.05) is 19.9 Å². The number of amides is 1. The molecule has 3 heterocycles. The molecule has 0 saturated heterocycles. The van der Waals surface area contributed by atoms with Gasteiger partial charge in [-0.15, -0.1) is 0 Å². The SMILES string of the molecule is CCc1c(C(C)(C=O)CC)cc(C(CNC(=O)c2cn3c(C)cccc3n2)C(F)(F)F)nc1-c1ccc(F)cc1. The maximum Gasteiger partial charge on any atom is 0.398 e. The van der Waals surface area contributed by atoms with E-state index in [1.165, 1.54) is 36.5 Å². The first kappa shape index (κ1) is 28.9. The van der Waals surface area contributed by atoms with Gasteiger partial charge in [0.2, 0.25) is 0 Å². The molecule has 4 aromatic rings. The van der Waals surface area contributed by atoms with Crippen molar-refractivity contribution in [3.05, 3.63) is 88.8 Å². The average Bonchev–Trinajstić information content (AvgIpc) is 3.38. The van der Waals surface area contributed by atoms with Crippen LogP contribution >= 0.6 is 0 Å². The zero-order chi connectivity index (χ0) is 29.2. The molecule has 0 fully saturated rings. The second kappa shape index (κ2) is 11.2. The fourth-order valence-electron chi connectivity index (χ4n) is 4.75. The Bertz CT molecular complexity index is 1550. The second-order valence-corrected chi connectivity index (χ2v) is 10.00. The molecule has 40 heavy (non-hydrogen) atoms. The summed E-state index contributed by atoms with van der Waals surface area (Å²) >= 11 is 0. The van der Waals surface area contributed by atoms with Gasteiger partial charge in [0.25, 0.3) is 5.91 Å². The van der Waals surface area contributed by atoms with Crippen LogP contribution in [0.3, 0.4) is 0 Å². The molecule has 0 spiro atoms. The van der Waals surface area contributed by atoms with E-state index in [-0.39, 0.29) is 17.1 Å². The molecular weight excluding hydrogens is 524 g/mol. The number of aryl methyl sites for hydroxylation is 1. The number of alkyl halides is 3. The number of hydrogen-bond donors (Lipinski definition) is 1. The lowest BCUT2D eigenvalue weighted by atomic mass is 9.77. The Kier molecular flexibility index (Phi) is 8.09. The third-order valence-corrected chi connectivity index (χ3v) is 7.37. The molecule has 0 bridgehead atoms. The summed E-state index contributed by atoms with van der Waals surface area (Å²) in [5.74, 6) is -3.43. The number of pyridine rings is 2. The van der Waals surface area contributed by atoms with E-state index in [9.17, 15) is 27.2 Å². The number of fused-ring (bicyclic) bond motifs is 1. The largest absolute Gasteiger partial charge is 0.398 e. The topological polar surface area (TPSA) is 76.4 Å². The maximum atomic E-state index is 14.5. The summed E-state index contributed by atoms with van der Waals surface area (Å²) in [6.07, 6.45) is -1.84. The van der Waals surface area contributed by atoms with Gasteiger partial charge in [0.1, 0.15) is 29.4 Å². The molecule has 6 nitrogen and oxygen atoms in total. The Hall–Kier alpha value is -4.08. The van der Waals surface area contributed by atoms with E-state index in [0.29, 0.717) is 35.2 Å². The number of imidazole rings is 1. The number of halogens is 4. The zero-order valence-electron chi connectivity index (χ0n) is 22.6. The Balaban J connectivity index is 1.79. The minimum atomic E-state index is -4.77. The van der Waals surface area contributed by atoms with Crippen molar-refractivity contribution in [2.75, 3.05) is 6.54 Å². The fourth-order valence-corrected chi connectivity index (χ4v) is 4.75. The van der Waals surface area contributed by atoms with Crippen LogP contribution in [0.1, 0.15) is 66.1 Å². The first-order valence-corrected chi connectivity index (χ1v) is 13.0. The molecule has 0 saturated carbocycles. The van der Waals surface area contributed by atoms with Gasteiger partial charge in [-0.1, -0.05) is 19.9 Å². The van der Waals surface area contributed by atoms with Gasteiger partial charge in [-0.05, 0) is 80.3 Å². The monoisotopic (exact) mass is 554 g/mol. The highest BCUT2D eigenvalue weighted by Crippen LogP contribution is 2.40. The van der Waals surface area contributed by atoms with Gasteiger partial charge in [-0.25, -0.2) is 9.37 Å². The summed E-state index contributed by atoms with van der Waals surface area (Å²) in [6, 6.07) is 11.9. The van der Waals surface area contributed by atoms with Crippen LogP contribution in [0.2, 0.25) is 0 Å². The molecular formula is C30H30F4N4O2. The fraction of sp³-hybridized carbons (Fsp3) is 0.333. The van der Waals surface area contributed by atoms with E-state index in [2.05, 4.69) is 15.3 Å². The zero-order valence-corrected chi connectivity index (χ0v) is 22.6. The summed E-state index contributed by atoms with van der Waals surface area (Å²) in [5, 5.41) is 2.37. The van der Waals surface area contributed by atoms with Gasteiger partial charge in [0.05, 0.1) is 11.4 Å². The van der Waals surface area contributed by atoms with Gasteiger partial charge in [0.15, 0.2) is 0 Å². The first-order chi connectivity index (χ1) is 18.9. The smallest absolute Gasteiger partial charge is 0.350 e. The van der Waals surface area contributed by atoms with Gasteiger partial charge < -0.3 is 14.5 Å². The minimum absolute atomic E-state index is 0.0169. The van der Waals surface area contributed by atoms with Crippen molar-refractivity contribution in [1.82, 2.24) is 19.7 Å². The molecule has 210 valence electrons. The number of aromatic nitrogens is 3. The van der Waals surface area contributed by atoms with Gasteiger partial charge in [-0.2, -0.15) is 13.2 Å². The van der Waals surface area contributed by atoms with Crippen LogP contribution in [-0.2, 0) is 16.6 Å². The molecule has 0 aliphatic rings. The third kappa shape index (κ3) is 5.61. The highest BCUT2D eigenvalue weighted by Gasteiger charge is 2.43. The number of nitrogens with one attached hydrogen (secondary N) is 1. The van der Waals surface area contributed by atoms with Crippen molar-refractivity contribution < 1.29 is 27.2 Å². The van der Waals surface area contributed by atoms with Crippen molar-refractivity contribution in [3.63, 3.8) is 0 Å². The lowest BCUT2D eigenvalue weighted by Gasteiger charge is -2.29. The van der Waals surface area contributed by atoms with Crippen LogP contribution in [-0.4, -0.2) is 39.3 Å². The van der Waals surface area contributed by atoms with Gasteiger partial charge in [-0.3, -0.25) is 9.78 Å². The third-order valence-electron chi connectivity index (χ3n) is 7.37. The molecule has 3 aromatic heterocycles. The Morgan fingerprint density at radius 2 is 1.80 bits per heavy atom. The average molecular weight is 555 g/mol. The number of carbonyl (C=O) groups excluding carboxylic acids is 2. The molecule has 1 N–H and O–H groups in total. The predicted octanol–water partition coefficient (Wildman–Crippen LogP) is 6.35. The van der Waals surface area contributed by atoms with Crippen molar-refractivity contribution in [2.24, 2.45) is 0 Å². The van der Waals surface area contributed by atoms with Crippen molar-refractivity contribution in [3.8, 4) is 11.3 Å². The quantitative estimate of drug-likeness (QED) is 0.193. The summed E-state index contributed by atoms with van der Waals surface area (Å²) < 4.78 is 58.9. The summed E-state index contributed by atoms with van der Waals surface area (Å²) in [5.41, 5.74) is 1.58. The molecule has 0 aliphatic heterocycles.